The highest BCUT2D eigenvalue weighted by molar-refractivity contribution is 7.92. The second-order valence-corrected chi connectivity index (χ2v) is 8.90. The van der Waals surface area contributed by atoms with Crippen molar-refractivity contribution >= 4 is 27.4 Å². The highest BCUT2D eigenvalue weighted by Gasteiger charge is 2.26. The molecule has 0 radical (unpaired) electrons. The largest absolute Gasteiger partial charge is 0.497 e. The van der Waals surface area contributed by atoms with Gasteiger partial charge >= 0.3 is 0 Å². The van der Waals surface area contributed by atoms with E-state index in [1.807, 2.05) is 13.8 Å². The average molecular weight is 440 g/mol. The van der Waals surface area contributed by atoms with E-state index in [0.717, 1.165) is 11.1 Å². The second-order valence-electron chi connectivity index (χ2n) is 7.03. The van der Waals surface area contributed by atoms with Crippen molar-refractivity contribution in [3.63, 3.8) is 0 Å². The zero-order chi connectivity index (χ0) is 22.4. The summed E-state index contributed by atoms with van der Waals surface area (Å²) in [7, 11) is -2.34. The van der Waals surface area contributed by atoms with Gasteiger partial charge in [0.1, 0.15) is 11.6 Å². The molecule has 31 heavy (non-hydrogen) atoms. The van der Waals surface area contributed by atoms with Crippen molar-refractivity contribution < 1.29 is 17.9 Å². The summed E-state index contributed by atoms with van der Waals surface area (Å²) in [6.07, 6.45) is 1.54. The van der Waals surface area contributed by atoms with Crippen molar-refractivity contribution in [3.05, 3.63) is 78.0 Å². The molecule has 162 valence electrons. The summed E-state index contributed by atoms with van der Waals surface area (Å²) in [6, 6.07) is 16.9. The van der Waals surface area contributed by atoms with Gasteiger partial charge < -0.3 is 10.1 Å². The van der Waals surface area contributed by atoms with Crippen molar-refractivity contribution in [1.29, 1.82) is 0 Å². The van der Waals surface area contributed by atoms with E-state index in [4.69, 9.17) is 4.74 Å². The Morgan fingerprint density at radius 2 is 1.77 bits per heavy atom. The first kappa shape index (κ1) is 22.3. The normalized spacial score (nSPS) is 11.1. The molecule has 0 atom stereocenters. The van der Waals surface area contributed by atoms with Gasteiger partial charge in [-0.25, -0.2) is 13.4 Å². The number of hydrogen-bond acceptors (Lipinski definition) is 5. The van der Waals surface area contributed by atoms with Gasteiger partial charge in [0.15, 0.2) is 0 Å². The minimum atomic E-state index is -3.88. The van der Waals surface area contributed by atoms with Gasteiger partial charge in [-0.3, -0.25) is 9.10 Å². The van der Waals surface area contributed by atoms with Crippen molar-refractivity contribution in [2.24, 2.45) is 0 Å². The van der Waals surface area contributed by atoms with E-state index in [0.29, 0.717) is 17.3 Å². The quantitative estimate of drug-likeness (QED) is 0.574. The third kappa shape index (κ3) is 5.40. The lowest BCUT2D eigenvalue weighted by Crippen LogP contribution is -2.34. The number of nitrogens with zero attached hydrogens (tertiary/aromatic N) is 2. The number of pyridine rings is 1. The molecule has 7 nitrogen and oxygen atoms in total. The molecule has 2 aromatic carbocycles. The van der Waals surface area contributed by atoms with Crippen LogP contribution in [-0.4, -0.2) is 33.0 Å². The molecule has 1 N–H and O–H groups in total. The number of benzene rings is 2. The number of aromatic nitrogens is 1. The fourth-order valence-corrected chi connectivity index (χ4v) is 4.53. The number of ether oxygens (including phenoxy) is 1. The molecule has 1 aromatic heterocycles. The molecular formula is C23H25N3O4S. The SMILES string of the molecule is COc1ccc(N(CCC(=O)Nc2ccccn2)S(=O)(=O)c2ccc(C)c(C)c2)cc1. The van der Waals surface area contributed by atoms with Crippen LogP contribution < -0.4 is 14.4 Å². The third-order valence-electron chi connectivity index (χ3n) is 4.90. The van der Waals surface area contributed by atoms with Crippen LogP contribution >= 0.6 is 0 Å². The Kier molecular flexibility index (Phi) is 6.91. The maximum absolute atomic E-state index is 13.5. The molecule has 3 rings (SSSR count). The number of sulfonamides is 1. The van der Waals surface area contributed by atoms with Gasteiger partial charge in [-0.1, -0.05) is 12.1 Å². The Bertz CT molecular complexity index is 1150. The lowest BCUT2D eigenvalue weighted by atomic mass is 10.1. The van der Waals surface area contributed by atoms with Crippen LogP contribution in [0, 0.1) is 13.8 Å². The van der Waals surface area contributed by atoms with Crippen molar-refractivity contribution in [1.82, 2.24) is 4.98 Å². The fraction of sp³-hybridized carbons (Fsp3) is 0.217. The van der Waals surface area contributed by atoms with E-state index >= 15 is 0 Å². The van der Waals surface area contributed by atoms with Gasteiger partial charge in [0.05, 0.1) is 17.7 Å². The molecule has 0 aliphatic rings. The smallest absolute Gasteiger partial charge is 0.264 e. The van der Waals surface area contributed by atoms with Crippen LogP contribution in [0.1, 0.15) is 17.5 Å². The Morgan fingerprint density at radius 3 is 2.39 bits per heavy atom. The standard InChI is InChI=1S/C23H25N3O4S/c1-17-7-12-21(16-18(17)2)31(28,29)26(19-8-10-20(30-3)11-9-19)15-13-23(27)25-22-6-4-5-14-24-22/h4-12,14,16H,13,15H2,1-3H3,(H,24,25,27). The van der Waals surface area contributed by atoms with Gasteiger partial charge in [-0.2, -0.15) is 0 Å². The van der Waals surface area contributed by atoms with Gasteiger partial charge in [0, 0.05) is 19.2 Å². The monoisotopic (exact) mass is 439 g/mol. The topological polar surface area (TPSA) is 88.6 Å². The maximum atomic E-state index is 13.5. The molecule has 1 heterocycles. The second kappa shape index (κ2) is 9.61. The predicted octanol–water partition coefficient (Wildman–Crippen LogP) is 3.93. The Balaban J connectivity index is 1.88. The summed E-state index contributed by atoms with van der Waals surface area (Å²) in [5.74, 6) is 0.702. The number of methoxy groups -OCH3 is 1. The first-order valence-corrected chi connectivity index (χ1v) is 11.2. The van der Waals surface area contributed by atoms with Crippen LogP contribution in [0.25, 0.3) is 0 Å². The average Bonchev–Trinajstić information content (AvgIpc) is 2.76. The van der Waals surface area contributed by atoms with Crippen LogP contribution in [-0.2, 0) is 14.8 Å². The van der Waals surface area contributed by atoms with Crippen LogP contribution in [0.2, 0.25) is 0 Å². The number of anilines is 2. The Hall–Kier alpha value is -3.39. The summed E-state index contributed by atoms with van der Waals surface area (Å²) < 4.78 is 33.4. The number of carbonyl (C=O) groups is 1. The molecule has 0 saturated heterocycles. The highest BCUT2D eigenvalue weighted by atomic mass is 32.2. The van der Waals surface area contributed by atoms with Crippen LogP contribution in [0.5, 0.6) is 5.75 Å². The van der Waals surface area contributed by atoms with Crippen molar-refractivity contribution in [3.8, 4) is 5.75 Å². The number of carbonyl (C=O) groups excluding carboxylic acids is 1. The molecule has 8 heteroatoms. The summed E-state index contributed by atoms with van der Waals surface area (Å²) in [5.41, 5.74) is 2.33. The molecule has 0 unspecified atom stereocenters. The molecule has 0 bridgehead atoms. The summed E-state index contributed by atoms with van der Waals surface area (Å²) in [6.45, 7) is 3.77. The minimum absolute atomic E-state index is 0.0275. The first-order chi connectivity index (χ1) is 14.8. The highest BCUT2D eigenvalue weighted by Crippen LogP contribution is 2.27. The molecule has 0 fully saturated rings. The molecule has 0 spiro atoms. The maximum Gasteiger partial charge on any atom is 0.264 e. The Labute approximate surface area is 182 Å². The summed E-state index contributed by atoms with van der Waals surface area (Å²) >= 11 is 0. The Morgan fingerprint density at radius 1 is 1.03 bits per heavy atom. The number of rotatable bonds is 8. The van der Waals surface area contributed by atoms with Gasteiger partial charge in [0.2, 0.25) is 5.91 Å². The van der Waals surface area contributed by atoms with E-state index in [2.05, 4.69) is 10.3 Å². The minimum Gasteiger partial charge on any atom is -0.497 e. The molecule has 0 aliphatic heterocycles. The van der Waals surface area contributed by atoms with Crippen molar-refractivity contribution in [2.75, 3.05) is 23.3 Å². The van der Waals surface area contributed by atoms with E-state index in [-0.39, 0.29) is 23.8 Å². The zero-order valence-corrected chi connectivity index (χ0v) is 18.5. The fourth-order valence-electron chi connectivity index (χ4n) is 2.98. The van der Waals surface area contributed by atoms with Gasteiger partial charge in [0.25, 0.3) is 10.0 Å². The predicted molar refractivity (Wildman–Crippen MR) is 121 cm³/mol. The van der Waals surface area contributed by atoms with E-state index in [1.54, 1.807) is 74.0 Å². The van der Waals surface area contributed by atoms with Gasteiger partial charge in [-0.05, 0) is 73.5 Å². The van der Waals surface area contributed by atoms with E-state index in [9.17, 15) is 13.2 Å². The number of nitrogens with one attached hydrogen (secondary N) is 1. The molecule has 0 aliphatic carbocycles. The molecule has 3 aromatic rings. The zero-order valence-electron chi connectivity index (χ0n) is 17.7. The van der Waals surface area contributed by atoms with E-state index in [1.165, 1.54) is 4.31 Å². The number of aryl methyl sites for hydroxylation is 2. The van der Waals surface area contributed by atoms with Crippen LogP contribution in [0.15, 0.2) is 71.8 Å². The molecule has 1 amide bonds. The number of amides is 1. The molecular weight excluding hydrogens is 414 g/mol. The summed E-state index contributed by atoms with van der Waals surface area (Å²) in [4.78, 5) is 16.7. The number of hydrogen-bond donors (Lipinski definition) is 1. The molecule has 0 saturated carbocycles. The van der Waals surface area contributed by atoms with Crippen LogP contribution in [0.4, 0.5) is 11.5 Å². The lowest BCUT2D eigenvalue weighted by Gasteiger charge is -2.25. The van der Waals surface area contributed by atoms with Gasteiger partial charge in [-0.15, -0.1) is 0 Å². The van der Waals surface area contributed by atoms with E-state index < -0.39 is 10.0 Å². The summed E-state index contributed by atoms with van der Waals surface area (Å²) in [5, 5.41) is 2.68. The van der Waals surface area contributed by atoms with Crippen molar-refractivity contribution in [2.45, 2.75) is 25.2 Å². The first-order valence-electron chi connectivity index (χ1n) is 9.76. The van der Waals surface area contributed by atoms with Crippen LogP contribution in [0.3, 0.4) is 0 Å². The third-order valence-corrected chi connectivity index (χ3v) is 6.72. The lowest BCUT2D eigenvalue weighted by molar-refractivity contribution is -0.116.